The summed E-state index contributed by atoms with van der Waals surface area (Å²) < 4.78 is 2.09. The first-order valence-electron chi connectivity index (χ1n) is 9.39. The molecule has 29 heavy (non-hydrogen) atoms. The number of amides is 1. The summed E-state index contributed by atoms with van der Waals surface area (Å²) in [6.45, 7) is 0.566. The molecule has 0 radical (unpaired) electrons. The maximum Gasteiger partial charge on any atom is 0.274 e. The molecule has 0 spiro atoms. The fourth-order valence-electron chi connectivity index (χ4n) is 3.30. The van der Waals surface area contributed by atoms with Crippen molar-refractivity contribution in [2.45, 2.75) is 24.4 Å². The Hall–Kier alpha value is -3.26. The van der Waals surface area contributed by atoms with E-state index in [2.05, 4.69) is 30.1 Å². The van der Waals surface area contributed by atoms with Gasteiger partial charge in [-0.3, -0.25) is 14.8 Å². The Balaban J connectivity index is 1.35. The molecule has 1 unspecified atom stereocenters. The smallest absolute Gasteiger partial charge is 0.274 e. The summed E-state index contributed by atoms with van der Waals surface area (Å²) in [6.07, 6.45) is 7.34. The summed E-state index contributed by atoms with van der Waals surface area (Å²) >= 11 is 6.01. The van der Waals surface area contributed by atoms with Gasteiger partial charge in [0.15, 0.2) is 5.82 Å². The first kappa shape index (κ1) is 17.8. The van der Waals surface area contributed by atoms with Gasteiger partial charge in [0.05, 0.1) is 12.9 Å². The van der Waals surface area contributed by atoms with Crippen molar-refractivity contribution in [3.8, 4) is 11.4 Å². The van der Waals surface area contributed by atoms with E-state index in [0.717, 1.165) is 29.9 Å². The van der Waals surface area contributed by atoms with E-state index in [1.54, 1.807) is 24.9 Å². The lowest BCUT2D eigenvalue weighted by molar-refractivity contribution is 0.102. The molecule has 3 aromatic rings. The first-order valence-corrected chi connectivity index (χ1v) is 9.82. The van der Waals surface area contributed by atoms with E-state index in [-0.39, 0.29) is 11.4 Å². The number of rotatable bonds is 5. The summed E-state index contributed by atoms with van der Waals surface area (Å²) in [5, 5.41) is 11.2. The predicted molar refractivity (Wildman–Crippen MR) is 111 cm³/mol. The Bertz CT molecular complexity index is 1090. The van der Waals surface area contributed by atoms with Gasteiger partial charge in [-0.25, -0.2) is 0 Å². The number of nitrogens with one attached hydrogen (secondary N) is 1. The molecule has 8 nitrogen and oxygen atoms in total. The lowest BCUT2D eigenvalue weighted by atomic mass is 10.2. The third-order valence-electron chi connectivity index (χ3n) is 4.91. The van der Waals surface area contributed by atoms with Gasteiger partial charge in [0.1, 0.15) is 17.5 Å². The van der Waals surface area contributed by atoms with Crippen molar-refractivity contribution in [2.24, 2.45) is 4.99 Å². The zero-order valence-corrected chi connectivity index (χ0v) is 16.2. The first-order chi connectivity index (χ1) is 14.2. The van der Waals surface area contributed by atoms with Crippen LogP contribution in [0.2, 0.25) is 0 Å². The van der Waals surface area contributed by atoms with Crippen LogP contribution in [-0.2, 0) is 0 Å². The largest absolute Gasteiger partial charge is 0.329 e. The lowest BCUT2D eigenvalue weighted by Crippen LogP contribution is -2.21. The highest BCUT2D eigenvalue weighted by Gasteiger charge is 2.26. The predicted octanol–water partition coefficient (Wildman–Crippen LogP) is 3.34. The number of hydrogen-bond acceptors (Lipinski definition) is 6. The van der Waals surface area contributed by atoms with Gasteiger partial charge in [0.25, 0.3) is 5.91 Å². The molecule has 1 aliphatic heterocycles. The molecule has 1 aliphatic carbocycles. The molecule has 1 N–H and O–H groups in total. The van der Waals surface area contributed by atoms with Crippen LogP contribution in [-0.4, -0.2) is 44.0 Å². The lowest BCUT2D eigenvalue weighted by Gasteiger charge is -2.15. The summed E-state index contributed by atoms with van der Waals surface area (Å²) in [7, 11) is 0. The summed E-state index contributed by atoms with van der Waals surface area (Å²) in [5.74, 6) is 0.527. The van der Waals surface area contributed by atoms with Crippen LogP contribution in [0.4, 0.5) is 11.4 Å². The number of pyridine rings is 1. The molecular formula is C20H18ClN7O. The van der Waals surface area contributed by atoms with Gasteiger partial charge < -0.3 is 14.8 Å². The zero-order chi connectivity index (χ0) is 19.8. The standard InChI is InChI=1S/C20H18ClN7O/c21-18-10-27(11-23-18)16-6-7-22-17(9-16)20(29)25-14-3-1-2-13(8-14)19-26-24-12-28(19)15-4-5-15/h1-3,6-9,11-12,15,18H,4-5,10H2,(H,25,29). The maximum atomic E-state index is 12.7. The Morgan fingerprint density at radius 2 is 2.10 bits per heavy atom. The monoisotopic (exact) mass is 407 g/mol. The van der Waals surface area contributed by atoms with E-state index in [0.29, 0.717) is 24.0 Å². The van der Waals surface area contributed by atoms with Crippen molar-refractivity contribution < 1.29 is 4.79 Å². The van der Waals surface area contributed by atoms with Gasteiger partial charge >= 0.3 is 0 Å². The van der Waals surface area contributed by atoms with Crippen molar-refractivity contribution in [2.75, 3.05) is 16.8 Å². The molecular weight excluding hydrogens is 390 g/mol. The number of nitrogens with zero attached hydrogens (tertiary/aromatic N) is 6. The van der Waals surface area contributed by atoms with Gasteiger partial charge in [-0.1, -0.05) is 23.7 Å². The number of hydrogen-bond donors (Lipinski definition) is 1. The number of alkyl halides is 1. The molecule has 1 saturated carbocycles. The third kappa shape index (κ3) is 3.71. The van der Waals surface area contributed by atoms with Crippen LogP contribution in [0.1, 0.15) is 29.4 Å². The Morgan fingerprint density at radius 1 is 1.21 bits per heavy atom. The molecule has 9 heteroatoms. The number of benzene rings is 1. The normalized spacial score (nSPS) is 18.2. The number of aromatic nitrogens is 4. The van der Waals surface area contributed by atoms with Crippen molar-refractivity contribution >= 4 is 35.2 Å². The number of anilines is 2. The van der Waals surface area contributed by atoms with Gasteiger partial charge in [-0.05, 0) is 37.1 Å². The molecule has 1 fully saturated rings. The van der Waals surface area contributed by atoms with E-state index in [4.69, 9.17) is 11.6 Å². The third-order valence-corrected chi connectivity index (χ3v) is 5.17. The van der Waals surface area contributed by atoms with Crippen LogP contribution in [0, 0.1) is 0 Å². The minimum atomic E-state index is -0.286. The highest BCUT2D eigenvalue weighted by molar-refractivity contribution is 6.22. The van der Waals surface area contributed by atoms with Gasteiger partial charge in [-0.15, -0.1) is 10.2 Å². The molecule has 3 heterocycles. The molecule has 146 valence electrons. The molecule has 1 amide bonds. The number of carbonyl (C=O) groups excluding carboxylic acids is 1. The molecule has 1 atom stereocenters. The SMILES string of the molecule is O=C(Nc1cccc(-c2nncn2C2CC2)c1)c1cc(N2C=NC(Cl)C2)ccn1. The van der Waals surface area contributed by atoms with E-state index >= 15 is 0 Å². The number of carbonyl (C=O) groups is 1. The second-order valence-electron chi connectivity index (χ2n) is 7.08. The molecule has 0 saturated heterocycles. The van der Waals surface area contributed by atoms with E-state index in [1.807, 2.05) is 35.2 Å². The molecule has 2 aliphatic rings. The highest BCUT2D eigenvalue weighted by atomic mass is 35.5. The maximum absolute atomic E-state index is 12.7. The van der Waals surface area contributed by atoms with Crippen molar-refractivity contribution in [1.29, 1.82) is 0 Å². The number of halogens is 1. The fourth-order valence-corrected chi connectivity index (χ4v) is 3.50. The van der Waals surface area contributed by atoms with E-state index in [9.17, 15) is 4.79 Å². The molecule has 2 aromatic heterocycles. The van der Waals surface area contributed by atoms with Gasteiger partial charge in [0, 0.05) is 29.2 Å². The van der Waals surface area contributed by atoms with Crippen molar-refractivity contribution in [3.05, 3.63) is 54.6 Å². The summed E-state index contributed by atoms with van der Waals surface area (Å²) in [4.78, 5) is 23.0. The zero-order valence-electron chi connectivity index (χ0n) is 15.4. The van der Waals surface area contributed by atoms with Crippen LogP contribution >= 0.6 is 11.6 Å². The van der Waals surface area contributed by atoms with Crippen LogP contribution < -0.4 is 10.2 Å². The van der Waals surface area contributed by atoms with Crippen LogP contribution in [0.5, 0.6) is 0 Å². The van der Waals surface area contributed by atoms with Crippen LogP contribution in [0.3, 0.4) is 0 Å². The van der Waals surface area contributed by atoms with Gasteiger partial charge in [0.2, 0.25) is 0 Å². The minimum absolute atomic E-state index is 0.277. The quantitative estimate of drug-likeness (QED) is 0.517. The minimum Gasteiger partial charge on any atom is -0.329 e. The Labute approximate surface area is 172 Å². The summed E-state index contributed by atoms with van der Waals surface area (Å²) in [5.41, 5.74) is 2.45. The molecule has 1 aromatic carbocycles. The van der Waals surface area contributed by atoms with Crippen molar-refractivity contribution in [1.82, 2.24) is 19.7 Å². The summed E-state index contributed by atoms with van der Waals surface area (Å²) in [6, 6.07) is 11.6. The second-order valence-corrected chi connectivity index (χ2v) is 7.58. The van der Waals surface area contributed by atoms with Crippen molar-refractivity contribution in [3.63, 3.8) is 0 Å². The van der Waals surface area contributed by atoms with Gasteiger partial charge in [-0.2, -0.15) is 0 Å². The second kappa shape index (κ2) is 7.29. The van der Waals surface area contributed by atoms with Crippen LogP contribution in [0.25, 0.3) is 11.4 Å². The average Bonchev–Trinajstić information content (AvgIpc) is 3.29. The number of aliphatic imine (C=N–C) groups is 1. The topological polar surface area (TPSA) is 88.3 Å². The molecule has 5 rings (SSSR count). The Kier molecular flexibility index (Phi) is 4.48. The highest BCUT2D eigenvalue weighted by Crippen LogP contribution is 2.37. The average molecular weight is 408 g/mol. The van der Waals surface area contributed by atoms with E-state index in [1.165, 1.54) is 0 Å². The van der Waals surface area contributed by atoms with E-state index < -0.39 is 0 Å². The fraction of sp³-hybridized carbons (Fsp3) is 0.250. The van der Waals surface area contributed by atoms with Crippen LogP contribution in [0.15, 0.2) is 53.9 Å². The molecule has 0 bridgehead atoms. The Morgan fingerprint density at radius 3 is 2.90 bits per heavy atom.